The number of carbonyl (C=O) groups is 1. The molecule has 0 aliphatic carbocycles. The molecule has 4 nitrogen and oxygen atoms in total. The smallest absolute Gasteiger partial charge is 0.254 e. The SMILES string of the molecule is [C-]#[N+]c1ccccc1NC(=O)c1ccc2c(C)c(O)ccc2c1. The number of phenolic OH excluding ortho intramolecular Hbond substituents is 1. The topological polar surface area (TPSA) is 53.7 Å². The monoisotopic (exact) mass is 302 g/mol. The van der Waals surface area contributed by atoms with Gasteiger partial charge in [-0.15, -0.1) is 0 Å². The van der Waals surface area contributed by atoms with Crippen molar-refractivity contribution in [2.75, 3.05) is 5.32 Å². The lowest BCUT2D eigenvalue weighted by molar-refractivity contribution is 0.102. The quantitative estimate of drug-likeness (QED) is 0.677. The minimum atomic E-state index is -0.270. The maximum absolute atomic E-state index is 12.4. The Bertz CT molecular complexity index is 955. The van der Waals surface area contributed by atoms with Gasteiger partial charge in [-0.1, -0.05) is 30.3 Å². The van der Waals surface area contributed by atoms with Gasteiger partial charge in [0.1, 0.15) is 5.75 Å². The van der Waals surface area contributed by atoms with E-state index in [4.69, 9.17) is 6.57 Å². The predicted molar refractivity (Wildman–Crippen MR) is 91.0 cm³/mol. The van der Waals surface area contributed by atoms with Gasteiger partial charge in [-0.3, -0.25) is 4.79 Å². The van der Waals surface area contributed by atoms with Gasteiger partial charge in [0, 0.05) is 11.3 Å². The average molecular weight is 302 g/mol. The summed E-state index contributed by atoms with van der Waals surface area (Å²) in [5.41, 5.74) is 2.19. The lowest BCUT2D eigenvalue weighted by Gasteiger charge is -2.09. The molecular weight excluding hydrogens is 288 g/mol. The Morgan fingerprint density at radius 3 is 2.70 bits per heavy atom. The van der Waals surface area contributed by atoms with E-state index in [9.17, 15) is 9.90 Å². The third kappa shape index (κ3) is 2.72. The third-order valence-electron chi connectivity index (χ3n) is 3.80. The summed E-state index contributed by atoms with van der Waals surface area (Å²) in [7, 11) is 0. The molecule has 3 aromatic rings. The molecule has 0 spiro atoms. The Morgan fingerprint density at radius 1 is 1.13 bits per heavy atom. The molecule has 0 saturated carbocycles. The highest BCUT2D eigenvalue weighted by molar-refractivity contribution is 6.08. The number of benzene rings is 3. The summed E-state index contributed by atoms with van der Waals surface area (Å²) in [6, 6.07) is 15.6. The summed E-state index contributed by atoms with van der Waals surface area (Å²) in [6.07, 6.45) is 0. The Hall–Kier alpha value is -3.32. The molecule has 23 heavy (non-hydrogen) atoms. The van der Waals surface area contributed by atoms with Crippen molar-refractivity contribution >= 4 is 28.1 Å². The first kappa shape index (κ1) is 14.6. The van der Waals surface area contributed by atoms with Gasteiger partial charge in [0.25, 0.3) is 5.91 Å². The molecule has 0 aliphatic heterocycles. The van der Waals surface area contributed by atoms with Crippen molar-refractivity contribution in [3.63, 3.8) is 0 Å². The summed E-state index contributed by atoms with van der Waals surface area (Å²) in [5.74, 6) is -0.0329. The largest absolute Gasteiger partial charge is 0.508 e. The van der Waals surface area contributed by atoms with E-state index in [1.807, 2.05) is 13.0 Å². The highest BCUT2D eigenvalue weighted by Gasteiger charge is 2.10. The van der Waals surface area contributed by atoms with Crippen molar-refractivity contribution in [3.8, 4) is 5.75 Å². The van der Waals surface area contributed by atoms with Gasteiger partial charge in [-0.2, -0.15) is 0 Å². The van der Waals surface area contributed by atoms with Crippen LogP contribution >= 0.6 is 0 Å². The number of anilines is 1. The summed E-state index contributed by atoms with van der Waals surface area (Å²) in [4.78, 5) is 15.8. The zero-order chi connectivity index (χ0) is 16.4. The number of aromatic hydroxyl groups is 1. The standard InChI is InChI=1S/C19H14N2O2/c1-12-15-9-7-14(11-13(15)8-10-18(12)22)19(23)21-17-6-4-3-5-16(17)20-2/h3-11,22H,1H3,(H,21,23). The van der Waals surface area contributed by atoms with Crippen LogP contribution in [0.2, 0.25) is 0 Å². The van der Waals surface area contributed by atoms with E-state index in [0.29, 0.717) is 16.9 Å². The molecule has 3 aromatic carbocycles. The molecule has 0 aromatic heterocycles. The van der Waals surface area contributed by atoms with E-state index >= 15 is 0 Å². The normalized spacial score (nSPS) is 10.3. The number of hydrogen-bond acceptors (Lipinski definition) is 2. The molecule has 0 saturated heterocycles. The van der Waals surface area contributed by atoms with Gasteiger partial charge in [0.05, 0.1) is 6.57 Å². The third-order valence-corrected chi connectivity index (χ3v) is 3.80. The number of nitrogens with zero attached hydrogens (tertiary/aromatic N) is 1. The zero-order valence-corrected chi connectivity index (χ0v) is 12.5. The highest BCUT2D eigenvalue weighted by Crippen LogP contribution is 2.28. The van der Waals surface area contributed by atoms with E-state index in [-0.39, 0.29) is 11.7 Å². The van der Waals surface area contributed by atoms with Crippen LogP contribution < -0.4 is 5.32 Å². The van der Waals surface area contributed by atoms with E-state index in [1.54, 1.807) is 48.5 Å². The van der Waals surface area contributed by atoms with Crippen molar-refractivity contribution in [3.05, 3.63) is 77.1 Å². The Kier molecular flexibility index (Phi) is 3.70. The summed E-state index contributed by atoms with van der Waals surface area (Å²) in [6.45, 7) is 8.97. The molecule has 0 heterocycles. The number of carbonyl (C=O) groups excluding carboxylic acids is 1. The van der Waals surface area contributed by atoms with Crippen molar-refractivity contribution in [2.45, 2.75) is 6.92 Å². The molecule has 112 valence electrons. The Balaban J connectivity index is 1.96. The number of hydrogen-bond donors (Lipinski definition) is 2. The molecule has 0 bridgehead atoms. The molecule has 2 N–H and O–H groups in total. The van der Waals surface area contributed by atoms with Crippen LogP contribution in [0.15, 0.2) is 54.6 Å². The minimum Gasteiger partial charge on any atom is -0.508 e. The number of aryl methyl sites for hydroxylation is 1. The molecule has 1 amide bonds. The molecule has 4 heteroatoms. The highest BCUT2D eigenvalue weighted by atomic mass is 16.3. The lowest BCUT2D eigenvalue weighted by Crippen LogP contribution is -2.11. The molecule has 0 fully saturated rings. The summed E-state index contributed by atoms with van der Waals surface area (Å²) >= 11 is 0. The molecule has 0 aliphatic rings. The Labute approximate surface area is 133 Å². The van der Waals surface area contributed by atoms with Crippen LogP contribution in [0, 0.1) is 13.5 Å². The second kappa shape index (κ2) is 5.82. The van der Waals surface area contributed by atoms with E-state index in [0.717, 1.165) is 16.3 Å². The van der Waals surface area contributed by atoms with Crippen LogP contribution in [0.4, 0.5) is 11.4 Å². The van der Waals surface area contributed by atoms with Crippen molar-refractivity contribution in [1.82, 2.24) is 0 Å². The van der Waals surface area contributed by atoms with Crippen LogP contribution in [0.3, 0.4) is 0 Å². The van der Waals surface area contributed by atoms with E-state index in [2.05, 4.69) is 10.2 Å². The van der Waals surface area contributed by atoms with Crippen LogP contribution in [0.5, 0.6) is 5.75 Å². The average Bonchev–Trinajstić information content (AvgIpc) is 2.58. The second-order valence-electron chi connectivity index (χ2n) is 5.23. The van der Waals surface area contributed by atoms with Gasteiger partial charge in [0.2, 0.25) is 5.69 Å². The Morgan fingerprint density at radius 2 is 1.91 bits per heavy atom. The van der Waals surface area contributed by atoms with Gasteiger partial charge in [-0.25, -0.2) is 4.85 Å². The second-order valence-corrected chi connectivity index (χ2v) is 5.23. The van der Waals surface area contributed by atoms with Gasteiger partial charge in [0.15, 0.2) is 0 Å². The van der Waals surface area contributed by atoms with Crippen LogP contribution in [0.1, 0.15) is 15.9 Å². The summed E-state index contributed by atoms with van der Waals surface area (Å²) < 4.78 is 0. The van der Waals surface area contributed by atoms with Crippen molar-refractivity contribution in [2.24, 2.45) is 0 Å². The number of rotatable bonds is 2. The molecule has 0 unspecified atom stereocenters. The van der Waals surface area contributed by atoms with Gasteiger partial charge >= 0.3 is 0 Å². The van der Waals surface area contributed by atoms with Crippen LogP contribution in [0.25, 0.3) is 15.6 Å². The maximum Gasteiger partial charge on any atom is 0.254 e. The fraction of sp³-hybridized carbons (Fsp3) is 0.0526. The first-order valence-electron chi connectivity index (χ1n) is 7.10. The van der Waals surface area contributed by atoms with Gasteiger partial charge in [-0.05, 0) is 47.5 Å². The first-order chi connectivity index (χ1) is 11.1. The van der Waals surface area contributed by atoms with Crippen molar-refractivity contribution < 1.29 is 9.90 Å². The number of fused-ring (bicyclic) bond motifs is 1. The number of amides is 1. The minimum absolute atomic E-state index is 0.237. The molecule has 0 radical (unpaired) electrons. The fourth-order valence-electron chi connectivity index (χ4n) is 2.49. The molecular formula is C19H14N2O2. The molecule has 3 rings (SSSR count). The summed E-state index contributed by atoms with van der Waals surface area (Å²) in [5, 5.41) is 14.3. The fourth-order valence-corrected chi connectivity index (χ4v) is 2.49. The number of para-hydroxylation sites is 2. The predicted octanol–water partition coefficient (Wildman–Crippen LogP) is 4.66. The van der Waals surface area contributed by atoms with E-state index < -0.39 is 0 Å². The zero-order valence-electron chi connectivity index (χ0n) is 12.5. The van der Waals surface area contributed by atoms with Crippen LogP contribution in [-0.4, -0.2) is 11.0 Å². The van der Waals surface area contributed by atoms with Crippen LogP contribution in [-0.2, 0) is 0 Å². The molecule has 0 atom stereocenters. The van der Waals surface area contributed by atoms with Crippen molar-refractivity contribution in [1.29, 1.82) is 0 Å². The lowest BCUT2D eigenvalue weighted by atomic mass is 10.0. The van der Waals surface area contributed by atoms with E-state index in [1.165, 1.54) is 0 Å². The first-order valence-corrected chi connectivity index (χ1v) is 7.10. The number of phenols is 1. The number of nitrogens with one attached hydrogen (secondary N) is 1. The van der Waals surface area contributed by atoms with Gasteiger partial charge < -0.3 is 10.4 Å². The maximum atomic E-state index is 12.4.